The molecule has 6 heteroatoms. The molecule has 0 bridgehead atoms. The van der Waals surface area contributed by atoms with Gasteiger partial charge in [-0.1, -0.05) is 6.92 Å². The van der Waals surface area contributed by atoms with Gasteiger partial charge in [0.05, 0.1) is 11.3 Å². The number of nitrogen functional groups attached to an aromatic ring is 1. The van der Waals surface area contributed by atoms with Gasteiger partial charge in [-0.15, -0.1) is 0 Å². The van der Waals surface area contributed by atoms with E-state index in [4.69, 9.17) is 11.5 Å². The van der Waals surface area contributed by atoms with E-state index >= 15 is 0 Å². The lowest BCUT2D eigenvalue weighted by Gasteiger charge is -2.32. The first-order chi connectivity index (χ1) is 9.93. The predicted molar refractivity (Wildman–Crippen MR) is 82.9 cm³/mol. The Kier molecular flexibility index (Phi) is 4.67. The van der Waals surface area contributed by atoms with Crippen molar-refractivity contribution in [2.75, 3.05) is 37.3 Å². The van der Waals surface area contributed by atoms with E-state index in [0.717, 1.165) is 32.5 Å². The van der Waals surface area contributed by atoms with Gasteiger partial charge in [0.1, 0.15) is 5.82 Å². The minimum atomic E-state index is -0.631. The molecule has 2 rings (SSSR count). The molecule has 1 atom stereocenters. The molecule has 1 aliphatic heterocycles. The maximum absolute atomic E-state index is 14.3. The molecule has 1 fully saturated rings. The van der Waals surface area contributed by atoms with E-state index in [1.807, 2.05) is 4.90 Å². The van der Waals surface area contributed by atoms with Crippen LogP contribution in [0.2, 0.25) is 0 Å². The quantitative estimate of drug-likeness (QED) is 0.827. The molecule has 0 saturated carbocycles. The monoisotopic (exact) mass is 294 g/mol. The summed E-state index contributed by atoms with van der Waals surface area (Å²) in [5.41, 5.74) is 11.7. The van der Waals surface area contributed by atoms with Crippen LogP contribution in [-0.4, -0.2) is 43.5 Å². The molecule has 0 aliphatic carbocycles. The maximum Gasteiger partial charge on any atom is 0.250 e. The largest absolute Gasteiger partial charge is 0.398 e. The van der Waals surface area contributed by atoms with Crippen LogP contribution in [0.15, 0.2) is 12.1 Å². The fourth-order valence-electron chi connectivity index (χ4n) is 2.92. The Morgan fingerprint density at radius 1 is 1.43 bits per heavy atom. The summed E-state index contributed by atoms with van der Waals surface area (Å²) in [5.74, 6) is -1.03. The molecule has 1 unspecified atom stereocenters. The van der Waals surface area contributed by atoms with Crippen LogP contribution in [-0.2, 0) is 0 Å². The number of benzene rings is 1. The van der Waals surface area contributed by atoms with Crippen molar-refractivity contribution >= 4 is 17.3 Å². The molecule has 0 spiro atoms. The number of carbonyl (C=O) groups excluding carboxylic acids is 1. The van der Waals surface area contributed by atoms with Gasteiger partial charge in [0.2, 0.25) is 0 Å². The number of carbonyl (C=O) groups is 1. The van der Waals surface area contributed by atoms with Crippen LogP contribution in [0, 0.1) is 5.82 Å². The van der Waals surface area contributed by atoms with Gasteiger partial charge in [-0.25, -0.2) is 4.39 Å². The van der Waals surface area contributed by atoms with Crippen LogP contribution in [0.4, 0.5) is 15.8 Å². The number of halogens is 1. The van der Waals surface area contributed by atoms with Crippen LogP contribution in [0.5, 0.6) is 0 Å². The van der Waals surface area contributed by atoms with E-state index < -0.39 is 11.7 Å². The standard InChI is InChI=1S/C15H23FN4O/c1-3-10-9-19(2)5-4-6-20(10)14-7-11(15(18)21)13(17)8-12(14)16/h7-8,10H,3-6,9,17H2,1-2H3,(H2,18,21). The molecule has 4 N–H and O–H groups in total. The van der Waals surface area contributed by atoms with Crippen molar-refractivity contribution in [3.63, 3.8) is 0 Å². The first-order valence-corrected chi connectivity index (χ1v) is 7.28. The number of primary amides is 1. The van der Waals surface area contributed by atoms with Gasteiger partial charge in [-0.05, 0) is 38.6 Å². The van der Waals surface area contributed by atoms with Crippen molar-refractivity contribution in [3.8, 4) is 0 Å². The fraction of sp³-hybridized carbons (Fsp3) is 0.533. The Morgan fingerprint density at radius 3 is 2.76 bits per heavy atom. The van der Waals surface area contributed by atoms with Gasteiger partial charge in [-0.2, -0.15) is 0 Å². The summed E-state index contributed by atoms with van der Waals surface area (Å²) in [6, 6.07) is 2.88. The molecule has 116 valence electrons. The summed E-state index contributed by atoms with van der Waals surface area (Å²) in [7, 11) is 2.07. The second kappa shape index (κ2) is 6.30. The summed E-state index contributed by atoms with van der Waals surface area (Å²) < 4.78 is 14.3. The third kappa shape index (κ3) is 3.26. The second-order valence-corrected chi connectivity index (χ2v) is 5.63. The van der Waals surface area contributed by atoms with Crippen molar-refractivity contribution in [2.24, 2.45) is 5.73 Å². The molecule has 1 aromatic rings. The highest BCUT2D eigenvalue weighted by Gasteiger charge is 2.25. The molecular weight excluding hydrogens is 271 g/mol. The number of nitrogens with zero attached hydrogens (tertiary/aromatic N) is 2. The van der Waals surface area contributed by atoms with E-state index in [1.165, 1.54) is 12.1 Å². The highest BCUT2D eigenvalue weighted by atomic mass is 19.1. The summed E-state index contributed by atoms with van der Waals surface area (Å²) in [6.07, 6.45) is 1.85. The smallest absolute Gasteiger partial charge is 0.250 e. The molecule has 21 heavy (non-hydrogen) atoms. The van der Waals surface area contributed by atoms with Crippen molar-refractivity contribution in [3.05, 3.63) is 23.5 Å². The number of hydrogen-bond acceptors (Lipinski definition) is 4. The van der Waals surface area contributed by atoms with Crippen LogP contribution in [0.3, 0.4) is 0 Å². The van der Waals surface area contributed by atoms with Crippen molar-refractivity contribution in [1.29, 1.82) is 0 Å². The Balaban J connectivity index is 2.43. The molecule has 5 nitrogen and oxygen atoms in total. The third-order valence-electron chi connectivity index (χ3n) is 4.07. The van der Waals surface area contributed by atoms with Crippen molar-refractivity contribution in [2.45, 2.75) is 25.8 Å². The summed E-state index contributed by atoms with van der Waals surface area (Å²) in [4.78, 5) is 15.7. The Morgan fingerprint density at radius 2 is 2.14 bits per heavy atom. The van der Waals surface area contributed by atoms with E-state index in [2.05, 4.69) is 18.9 Å². The number of amides is 1. The SMILES string of the molecule is CCC1CN(C)CCCN1c1cc(C(N)=O)c(N)cc1F. The van der Waals surface area contributed by atoms with Crippen LogP contribution in [0.25, 0.3) is 0 Å². The minimum absolute atomic E-state index is 0.0868. The van der Waals surface area contributed by atoms with Crippen LogP contribution >= 0.6 is 0 Å². The summed E-state index contributed by atoms with van der Waals surface area (Å²) >= 11 is 0. The zero-order valence-electron chi connectivity index (χ0n) is 12.6. The molecule has 1 aliphatic rings. The fourth-order valence-corrected chi connectivity index (χ4v) is 2.92. The number of hydrogen-bond donors (Lipinski definition) is 2. The number of rotatable bonds is 3. The Bertz CT molecular complexity index is 535. The van der Waals surface area contributed by atoms with E-state index in [-0.39, 0.29) is 17.3 Å². The average molecular weight is 294 g/mol. The molecular formula is C15H23FN4O. The Labute approximate surface area is 124 Å². The number of nitrogens with two attached hydrogens (primary N) is 2. The van der Waals surface area contributed by atoms with E-state index in [0.29, 0.717) is 5.69 Å². The zero-order chi connectivity index (χ0) is 15.6. The normalized spacial score (nSPS) is 20.3. The van der Waals surface area contributed by atoms with Crippen LogP contribution < -0.4 is 16.4 Å². The second-order valence-electron chi connectivity index (χ2n) is 5.63. The first kappa shape index (κ1) is 15.6. The lowest BCUT2D eigenvalue weighted by Crippen LogP contribution is -2.40. The Hall–Kier alpha value is -1.82. The number of anilines is 2. The highest BCUT2D eigenvalue weighted by Crippen LogP contribution is 2.29. The topological polar surface area (TPSA) is 75.6 Å². The summed E-state index contributed by atoms with van der Waals surface area (Å²) in [6.45, 7) is 4.68. The predicted octanol–water partition coefficient (Wildman–Crippen LogP) is 1.43. The molecule has 0 aromatic heterocycles. The lowest BCUT2D eigenvalue weighted by atomic mass is 10.1. The molecule has 1 amide bonds. The highest BCUT2D eigenvalue weighted by molar-refractivity contribution is 5.99. The zero-order valence-corrected chi connectivity index (χ0v) is 12.6. The molecule has 0 radical (unpaired) electrons. The molecule has 1 saturated heterocycles. The van der Waals surface area contributed by atoms with Crippen LogP contribution in [0.1, 0.15) is 30.1 Å². The van der Waals surface area contributed by atoms with E-state index in [9.17, 15) is 9.18 Å². The van der Waals surface area contributed by atoms with Gasteiger partial charge in [0, 0.05) is 24.8 Å². The maximum atomic E-state index is 14.3. The summed E-state index contributed by atoms with van der Waals surface area (Å²) in [5, 5.41) is 0. The van der Waals surface area contributed by atoms with Crippen molar-refractivity contribution < 1.29 is 9.18 Å². The van der Waals surface area contributed by atoms with Crippen molar-refractivity contribution in [1.82, 2.24) is 4.90 Å². The van der Waals surface area contributed by atoms with Gasteiger partial charge in [0.15, 0.2) is 0 Å². The van der Waals surface area contributed by atoms with Gasteiger partial charge < -0.3 is 21.3 Å². The van der Waals surface area contributed by atoms with Gasteiger partial charge in [0.25, 0.3) is 5.91 Å². The number of likely N-dealkylation sites (N-methyl/N-ethyl adjacent to an activating group) is 1. The first-order valence-electron chi connectivity index (χ1n) is 7.28. The van der Waals surface area contributed by atoms with E-state index in [1.54, 1.807) is 0 Å². The molecule has 1 aromatic carbocycles. The van der Waals surface area contributed by atoms with Gasteiger partial charge >= 0.3 is 0 Å². The third-order valence-corrected chi connectivity index (χ3v) is 4.07. The average Bonchev–Trinajstić information content (AvgIpc) is 2.60. The molecule has 1 heterocycles. The lowest BCUT2D eigenvalue weighted by molar-refractivity contribution is 0.100. The van der Waals surface area contributed by atoms with Gasteiger partial charge in [-0.3, -0.25) is 4.79 Å². The minimum Gasteiger partial charge on any atom is -0.398 e.